The molecular weight excluding hydrogens is 392 g/mol. The van der Waals surface area contributed by atoms with Crippen molar-refractivity contribution in [3.8, 4) is 11.8 Å². The highest BCUT2D eigenvalue weighted by Gasteiger charge is 2.17. The van der Waals surface area contributed by atoms with E-state index >= 15 is 0 Å². The number of rotatable bonds is 9. The fourth-order valence-electron chi connectivity index (χ4n) is 2.47. The number of amides is 1. The smallest absolute Gasteiger partial charge is 0.331 e. The Hall–Kier alpha value is -3.30. The van der Waals surface area contributed by atoms with Gasteiger partial charge >= 0.3 is 5.97 Å². The molecule has 6 nitrogen and oxygen atoms in total. The van der Waals surface area contributed by atoms with E-state index in [4.69, 9.17) is 26.3 Å². The van der Waals surface area contributed by atoms with Crippen molar-refractivity contribution in [1.82, 2.24) is 0 Å². The lowest BCUT2D eigenvalue weighted by Gasteiger charge is -2.21. The van der Waals surface area contributed by atoms with E-state index in [0.29, 0.717) is 17.3 Å². The Labute approximate surface area is 174 Å². The fourth-order valence-corrected chi connectivity index (χ4v) is 2.65. The van der Waals surface area contributed by atoms with Crippen molar-refractivity contribution < 1.29 is 19.1 Å². The van der Waals surface area contributed by atoms with Crippen LogP contribution in [0.5, 0.6) is 5.75 Å². The second-order valence-electron chi connectivity index (χ2n) is 5.88. The van der Waals surface area contributed by atoms with Gasteiger partial charge in [0.15, 0.2) is 6.61 Å². The summed E-state index contributed by atoms with van der Waals surface area (Å²) in [5.74, 6) is -0.333. The minimum atomic E-state index is -0.640. The first-order valence-electron chi connectivity index (χ1n) is 9.04. The molecule has 0 heterocycles. The number of carbonyl (C=O) groups excluding carboxylic acids is 2. The molecule has 0 saturated carbocycles. The van der Waals surface area contributed by atoms with Gasteiger partial charge in [-0.2, -0.15) is 5.26 Å². The summed E-state index contributed by atoms with van der Waals surface area (Å²) in [4.78, 5) is 25.8. The van der Waals surface area contributed by atoms with Gasteiger partial charge in [-0.1, -0.05) is 29.8 Å². The van der Waals surface area contributed by atoms with Gasteiger partial charge in [0.2, 0.25) is 0 Å². The minimum Gasteiger partial charge on any atom is -0.494 e. The Morgan fingerprint density at radius 3 is 2.62 bits per heavy atom. The van der Waals surface area contributed by atoms with Crippen LogP contribution in [-0.4, -0.2) is 31.6 Å². The number of carbonyl (C=O) groups is 2. The van der Waals surface area contributed by atoms with Crippen LogP contribution in [0.3, 0.4) is 0 Å². The second kappa shape index (κ2) is 11.5. The number of hydrogen-bond donors (Lipinski definition) is 0. The van der Waals surface area contributed by atoms with Gasteiger partial charge in [0, 0.05) is 23.3 Å². The average Bonchev–Trinajstić information content (AvgIpc) is 2.72. The molecule has 0 aliphatic heterocycles. The van der Waals surface area contributed by atoms with Crippen LogP contribution in [-0.2, 0) is 14.3 Å². The van der Waals surface area contributed by atoms with E-state index in [9.17, 15) is 9.59 Å². The number of halogens is 1. The number of ether oxygens (including phenoxy) is 2. The minimum absolute atomic E-state index is 0.143. The van der Waals surface area contributed by atoms with Gasteiger partial charge in [0.1, 0.15) is 5.75 Å². The molecule has 29 heavy (non-hydrogen) atoms. The molecule has 0 saturated heterocycles. The lowest BCUT2D eigenvalue weighted by molar-refractivity contribution is -0.142. The zero-order chi connectivity index (χ0) is 21.1. The maximum atomic E-state index is 12.5. The van der Waals surface area contributed by atoms with Gasteiger partial charge in [0.05, 0.1) is 19.1 Å². The van der Waals surface area contributed by atoms with Crippen molar-refractivity contribution in [1.29, 1.82) is 5.26 Å². The summed E-state index contributed by atoms with van der Waals surface area (Å²) in [6, 6.07) is 15.9. The number of anilines is 1. The number of benzene rings is 2. The summed E-state index contributed by atoms with van der Waals surface area (Å²) < 4.78 is 10.4. The van der Waals surface area contributed by atoms with Crippen LogP contribution < -0.4 is 9.64 Å². The second-order valence-corrected chi connectivity index (χ2v) is 6.31. The molecular formula is C22H21ClN2O4. The third-order valence-corrected chi connectivity index (χ3v) is 4.04. The summed E-state index contributed by atoms with van der Waals surface area (Å²) in [6.45, 7) is 2.22. The Balaban J connectivity index is 1.94. The number of esters is 1. The summed E-state index contributed by atoms with van der Waals surface area (Å²) >= 11 is 5.98. The first kappa shape index (κ1) is 22.0. The monoisotopic (exact) mass is 412 g/mol. The van der Waals surface area contributed by atoms with Crippen molar-refractivity contribution in [2.45, 2.75) is 13.3 Å². The first-order chi connectivity index (χ1) is 14.0. The van der Waals surface area contributed by atoms with Crippen LogP contribution in [0, 0.1) is 11.3 Å². The summed E-state index contributed by atoms with van der Waals surface area (Å²) in [7, 11) is 0. The molecule has 0 unspecified atom stereocenters. The van der Waals surface area contributed by atoms with Crippen LogP contribution >= 0.6 is 11.6 Å². The maximum Gasteiger partial charge on any atom is 0.331 e. The summed E-state index contributed by atoms with van der Waals surface area (Å²) in [5, 5.41) is 9.29. The molecule has 2 rings (SSSR count). The van der Waals surface area contributed by atoms with E-state index in [2.05, 4.69) is 0 Å². The first-order valence-corrected chi connectivity index (χ1v) is 9.42. The van der Waals surface area contributed by atoms with E-state index in [1.165, 1.54) is 11.0 Å². The Kier molecular flexibility index (Phi) is 8.74. The van der Waals surface area contributed by atoms with Crippen LogP contribution in [0.1, 0.15) is 18.9 Å². The zero-order valence-electron chi connectivity index (χ0n) is 16.0. The van der Waals surface area contributed by atoms with Gasteiger partial charge in [-0.05, 0) is 48.9 Å². The van der Waals surface area contributed by atoms with Gasteiger partial charge in [-0.15, -0.1) is 0 Å². The van der Waals surface area contributed by atoms with E-state index in [-0.39, 0.29) is 13.0 Å². The molecule has 0 aromatic heterocycles. The van der Waals surface area contributed by atoms with Crippen LogP contribution in [0.2, 0.25) is 5.02 Å². The Bertz CT molecular complexity index is 904. The van der Waals surface area contributed by atoms with Gasteiger partial charge in [-0.25, -0.2) is 4.79 Å². The molecule has 0 spiro atoms. The standard InChI is InChI=1S/C22H21ClN2O4/c1-2-28-20-10-7-17(8-11-20)9-12-22(27)29-16-21(26)25(14-4-13-24)19-6-3-5-18(23)15-19/h3,5-12,15H,2,4,14,16H2,1H3/b12-9+. The number of hydrogen-bond acceptors (Lipinski definition) is 5. The molecule has 0 radical (unpaired) electrons. The summed E-state index contributed by atoms with van der Waals surface area (Å²) in [6.07, 6.45) is 2.98. The molecule has 0 atom stereocenters. The number of nitrogens with zero attached hydrogens (tertiary/aromatic N) is 2. The molecule has 0 N–H and O–H groups in total. The molecule has 150 valence electrons. The van der Waals surface area contributed by atoms with Crippen LogP contribution in [0.15, 0.2) is 54.6 Å². The van der Waals surface area contributed by atoms with Crippen molar-refractivity contribution in [3.05, 3.63) is 65.2 Å². The predicted octanol–water partition coefficient (Wildman–Crippen LogP) is 4.24. The predicted molar refractivity (Wildman–Crippen MR) is 112 cm³/mol. The molecule has 0 aliphatic rings. The topological polar surface area (TPSA) is 79.6 Å². The molecule has 0 fully saturated rings. The quantitative estimate of drug-likeness (QED) is 0.454. The molecule has 0 aliphatic carbocycles. The fraction of sp³-hybridized carbons (Fsp3) is 0.227. The van der Waals surface area contributed by atoms with Gasteiger partial charge < -0.3 is 14.4 Å². The van der Waals surface area contributed by atoms with Gasteiger partial charge in [0.25, 0.3) is 5.91 Å². The SMILES string of the molecule is CCOc1ccc(/C=C/C(=O)OCC(=O)N(CCC#N)c2cccc(Cl)c2)cc1. The van der Waals surface area contributed by atoms with Crippen molar-refractivity contribution in [2.24, 2.45) is 0 Å². The summed E-state index contributed by atoms with van der Waals surface area (Å²) in [5.41, 5.74) is 1.34. The van der Waals surface area contributed by atoms with Crippen molar-refractivity contribution >= 4 is 35.2 Å². The lowest BCUT2D eigenvalue weighted by Crippen LogP contribution is -2.35. The van der Waals surface area contributed by atoms with Crippen LogP contribution in [0.4, 0.5) is 5.69 Å². The molecule has 0 bridgehead atoms. The highest BCUT2D eigenvalue weighted by atomic mass is 35.5. The Morgan fingerprint density at radius 2 is 1.97 bits per heavy atom. The third-order valence-electron chi connectivity index (χ3n) is 3.81. The van der Waals surface area contributed by atoms with Crippen molar-refractivity contribution in [2.75, 3.05) is 24.7 Å². The zero-order valence-corrected chi connectivity index (χ0v) is 16.8. The molecule has 7 heteroatoms. The largest absolute Gasteiger partial charge is 0.494 e. The van der Waals surface area contributed by atoms with Crippen molar-refractivity contribution in [3.63, 3.8) is 0 Å². The van der Waals surface area contributed by atoms with E-state index < -0.39 is 18.5 Å². The molecule has 2 aromatic rings. The van der Waals surface area contributed by atoms with E-state index in [1.807, 2.05) is 25.1 Å². The highest BCUT2D eigenvalue weighted by molar-refractivity contribution is 6.30. The van der Waals surface area contributed by atoms with E-state index in [1.54, 1.807) is 42.5 Å². The van der Waals surface area contributed by atoms with Crippen LogP contribution in [0.25, 0.3) is 6.08 Å². The lowest BCUT2D eigenvalue weighted by atomic mass is 10.2. The maximum absolute atomic E-state index is 12.5. The molecule has 2 aromatic carbocycles. The normalized spacial score (nSPS) is 10.4. The van der Waals surface area contributed by atoms with Gasteiger partial charge in [-0.3, -0.25) is 4.79 Å². The highest BCUT2D eigenvalue weighted by Crippen LogP contribution is 2.20. The average molecular weight is 413 g/mol. The molecule has 1 amide bonds. The third kappa shape index (κ3) is 7.32. The Morgan fingerprint density at radius 1 is 1.21 bits per heavy atom. The number of nitriles is 1. The van der Waals surface area contributed by atoms with E-state index in [0.717, 1.165) is 11.3 Å².